The van der Waals surface area contributed by atoms with E-state index >= 15 is 0 Å². The van der Waals surface area contributed by atoms with Gasteiger partial charge in [0.05, 0.1) is 0 Å². The highest BCUT2D eigenvalue weighted by atomic mass is 15.0. The Morgan fingerprint density at radius 3 is 2.57 bits per heavy atom. The first kappa shape index (κ1) is 10.5. The monoisotopic (exact) mass is 195 g/mol. The minimum atomic E-state index is 0.535. The number of hydrogen-bond acceptors (Lipinski definition) is 1. The maximum atomic E-state index is 3.89. The third kappa shape index (κ3) is 1.98. The van der Waals surface area contributed by atoms with E-state index in [-0.39, 0.29) is 0 Å². The number of rotatable bonds is 2. The maximum absolute atomic E-state index is 3.89. The summed E-state index contributed by atoms with van der Waals surface area (Å²) in [7, 11) is 0. The Morgan fingerprint density at radius 2 is 1.86 bits per heavy atom. The lowest BCUT2D eigenvalue weighted by Gasteiger charge is -2.39. The second-order valence-electron chi connectivity index (χ2n) is 5.23. The molecule has 14 heavy (non-hydrogen) atoms. The van der Waals surface area contributed by atoms with Crippen LogP contribution in [0.3, 0.4) is 0 Å². The smallest absolute Gasteiger partial charge is 0.0207 e. The van der Waals surface area contributed by atoms with E-state index in [0.29, 0.717) is 5.54 Å². The van der Waals surface area contributed by atoms with Gasteiger partial charge in [-0.1, -0.05) is 32.6 Å². The minimum absolute atomic E-state index is 0.535. The van der Waals surface area contributed by atoms with Gasteiger partial charge in [0.25, 0.3) is 0 Å². The first-order chi connectivity index (χ1) is 6.87. The van der Waals surface area contributed by atoms with E-state index in [0.717, 1.165) is 5.92 Å². The minimum Gasteiger partial charge on any atom is -0.311 e. The van der Waals surface area contributed by atoms with E-state index in [9.17, 15) is 0 Å². The molecule has 0 aromatic carbocycles. The van der Waals surface area contributed by atoms with Crippen LogP contribution in [-0.4, -0.2) is 12.1 Å². The van der Waals surface area contributed by atoms with E-state index in [1.807, 2.05) is 0 Å². The average molecular weight is 195 g/mol. The van der Waals surface area contributed by atoms with Gasteiger partial charge in [0.15, 0.2) is 0 Å². The highest BCUT2D eigenvalue weighted by Crippen LogP contribution is 2.40. The van der Waals surface area contributed by atoms with Gasteiger partial charge in [-0.25, -0.2) is 0 Å². The van der Waals surface area contributed by atoms with Gasteiger partial charge in [-0.15, -0.1) is 0 Å². The molecule has 1 heterocycles. The van der Waals surface area contributed by atoms with Gasteiger partial charge in [0, 0.05) is 5.54 Å². The normalized spacial score (nSPS) is 35.8. The molecule has 1 aliphatic heterocycles. The van der Waals surface area contributed by atoms with E-state index in [2.05, 4.69) is 12.2 Å². The molecule has 82 valence electrons. The zero-order valence-corrected chi connectivity index (χ0v) is 9.65. The molecule has 0 aromatic heterocycles. The molecule has 0 amide bonds. The predicted octanol–water partition coefficient (Wildman–Crippen LogP) is 3.49. The summed E-state index contributed by atoms with van der Waals surface area (Å²) in [6, 6.07) is 0. The molecule has 1 N–H and O–H groups in total. The van der Waals surface area contributed by atoms with Crippen molar-refractivity contribution < 1.29 is 0 Å². The Morgan fingerprint density at radius 1 is 1.07 bits per heavy atom. The fraction of sp³-hybridized carbons (Fsp3) is 1.00. The zero-order chi connectivity index (χ0) is 9.86. The molecule has 0 aromatic rings. The molecule has 1 unspecified atom stereocenters. The molecule has 2 rings (SSSR count). The summed E-state index contributed by atoms with van der Waals surface area (Å²) in [6.45, 7) is 3.65. The van der Waals surface area contributed by atoms with Crippen molar-refractivity contribution in [3.05, 3.63) is 0 Å². The molecule has 1 nitrogen and oxygen atoms in total. The average Bonchev–Trinajstić information content (AvgIpc) is 2.64. The molecule has 1 aliphatic carbocycles. The standard InChI is InChI=1S/C13H25N/c1-2-13(12-8-4-5-9-12)10-6-3-7-11-14-13/h12,14H,2-11H2,1H3. The van der Waals surface area contributed by atoms with Crippen molar-refractivity contribution in [3.63, 3.8) is 0 Å². The van der Waals surface area contributed by atoms with Crippen LogP contribution in [0.15, 0.2) is 0 Å². The van der Waals surface area contributed by atoms with Crippen molar-refractivity contribution in [2.24, 2.45) is 5.92 Å². The fourth-order valence-corrected chi connectivity index (χ4v) is 3.59. The van der Waals surface area contributed by atoms with Crippen molar-refractivity contribution in [2.45, 2.75) is 70.3 Å². The maximum Gasteiger partial charge on any atom is 0.0207 e. The molecule has 1 saturated carbocycles. The van der Waals surface area contributed by atoms with Gasteiger partial charge in [-0.05, 0) is 44.6 Å². The van der Waals surface area contributed by atoms with Gasteiger partial charge >= 0.3 is 0 Å². The molecular weight excluding hydrogens is 170 g/mol. The lowest BCUT2D eigenvalue weighted by Crippen LogP contribution is -2.49. The van der Waals surface area contributed by atoms with Crippen molar-refractivity contribution >= 4 is 0 Å². The molecule has 1 heteroatoms. The summed E-state index contributed by atoms with van der Waals surface area (Å²) in [5.41, 5.74) is 0.535. The fourth-order valence-electron chi connectivity index (χ4n) is 3.59. The van der Waals surface area contributed by atoms with Gasteiger partial charge in [0.2, 0.25) is 0 Å². The van der Waals surface area contributed by atoms with Crippen LogP contribution >= 0.6 is 0 Å². The zero-order valence-electron chi connectivity index (χ0n) is 9.65. The van der Waals surface area contributed by atoms with Gasteiger partial charge < -0.3 is 5.32 Å². The van der Waals surface area contributed by atoms with Crippen LogP contribution in [-0.2, 0) is 0 Å². The van der Waals surface area contributed by atoms with E-state index < -0.39 is 0 Å². The van der Waals surface area contributed by atoms with Crippen LogP contribution < -0.4 is 5.32 Å². The molecule has 0 bridgehead atoms. The van der Waals surface area contributed by atoms with Gasteiger partial charge in [-0.3, -0.25) is 0 Å². The topological polar surface area (TPSA) is 12.0 Å². The second-order valence-corrected chi connectivity index (χ2v) is 5.23. The Labute approximate surface area is 88.7 Å². The molecule has 2 fully saturated rings. The Balaban J connectivity index is 2.04. The SMILES string of the molecule is CCC1(C2CCCC2)CCCCCN1. The summed E-state index contributed by atoms with van der Waals surface area (Å²) in [5, 5.41) is 3.89. The summed E-state index contributed by atoms with van der Waals surface area (Å²) in [6.07, 6.45) is 13.0. The van der Waals surface area contributed by atoms with E-state index in [1.165, 1.54) is 64.3 Å². The van der Waals surface area contributed by atoms with Crippen LogP contribution in [0.4, 0.5) is 0 Å². The highest BCUT2D eigenvalue weighted by molar-refractivity contribution is 4.96. The Bertz CT molecular complexity index is 162. The predicted molar refractivity (Wildman–Crippen MR) is 61.5 cm³/mol. The van der Waals surface area contributed by atoms with E-state index in [1.54, 1.807) is 0 Å². The van der Waals surface area contributed by atoms with Crippen molar-refractivity contribution in [2.75, 3.05) is 6.54 Å². The van der Waals surface area contributed by atoms with E-state index in [4.69, 9.17) is 0 Å². The van der Waals surface area contributed by atoms with Crippen molar-refractivity contribution in [1.82, 2.24) is 5.32 Å². The summed E-state index contributed by atoms with van der Waals surface area (Å²) >= 11 is 0. The number of nitrogens with one attached hydrogen (secondary N) is 1. The van der Waals surface area contributed by atoms with Crippen molar-refractivity contribution in [3.8, 4) is 0 Å². The Kier molecular flexibility index (Phi) is 3.48. The first-order valence-electron chi connectivity index (χ1n) is 6.62. The highest BCUT2D eigenvalue weighted by Gasteiger charge is 2.38. The van der Waals surface area contributed by atoms with Crippen LogP contribution in [0, 0.1) is 5.92 Å². The quantitative estimate of drug-likeness (QED) is 0.711. The molecule has 0 radical (unpaired) electrons. The summed E-state index contributed by atoms with van der Waals surface area (Å²) < 4.78 is 0. The van der Waals surface area contributed by atoms with Gasteiger partial charge in [-0.2, -0.15) is 0 Å². The summed E-state index contributed by atoms with van der Waals surface area (Å²) in [4.78, 5) is 0. The molecule has 1 atom stereocenters. The third-order valence-corrected chi connectivity index (χ3v) is 4.54. The first-order valence-corrected chi connectivity index (χ1v) is 6.62. The molecular formula is C13H25N. The number of hydrogen-bond donors (Lipinski definition) is 1. The lowest BCUT2D eigenvalue weighted by atomic mass is 9.77. The molecule has 0 spiro atoms. The lowest BCUT2D eigenvalue weighted by molar-refractivity contribution is 0.194. The molecule has 1 saturated heterocycles. The van der Waals surface area contributed by atoms with Crippen molar-refractivity contribution in [1.29, 1.82) is 0 Å². The summed E-state index contributed by atoms with van der Waals surface area (Å²) in [5.74, 6) is 0.991. The second kappa shape index (κ2) is 4.65. The largest absolute Gasteiger partial charge is 0.311 e. The van der Waals surface area contributed by atoms with Gasteiger partial charge in [0.1, 0.15) is 0 Å². The van der Waals surface area contributed by atoms with Crippen LogP contribution in [0.1, 0.15) is 64.7 Å². The van der Waals surface area contributed by atoms with Crippen LogP contribution in [0.5, 0.6) is 0 Å². The van der Waals surface area contributed by atoms with Crippen LogP contribution in [0.2, 0.25) is 0 Å². The molecule has 2 aliphatic rings. The third-order valence-electron chi connectivity index (χ3n) is 4.54. The van der Waals surface area contributed by atoms with Crippen LogP contribution in [0.25, 0.3) is 0 Å². The Hall–Kier alpha value is -0.0400.